The Labute approximate surface area is 267 Å². The average molecular weight is 633 g/mol. The van der Waals surface area contributed by atoms with E-state index in [9.17, 15) is 24.3 Å². The molecule has 4 heterocycles. The summed E-state index contributed by atoms with van der Waals surface area (Å²) in [4.78, 5) is 60.0. The Bertz CT molecular complexity index is 1070. The first-order valence-corrected chi connectivity index (χ1v) is 16.6. The van der Waals surface area contributed by atoms with Crippen molar-refractivity contribution in [1.82, 2.24) is 20.0 Å². The predicted octanol–water partition coefficient (Wildman–Crippen LogP) is 1.27. The van der Waals surface area contributed by atoms with Crippen LogP contribution in [0.1, 0.15) is 58.3 Å². The van der Waals surface area contributed by atoms with Crippen molar-refractivity contribution >= 4 is 23.7 Å². The van der Waals surface area contributed by atoms with Crippen molar-refractivity contribution in [3.63, 3.8) is 0 Å². The van der Waals surface area contributed by atoms with Gasteiger partial charge in [0.1, 0.15) is 17.7 Å². The lowest BCUT2D eigenvalue weighted by Crippen LogP contribution is -2.57. The van der Waals surface area contributed by atoms with Gasteiger partial charge in [-0.1, -0.05) is 25.0 Å². The number of likely N-dealkylation sites (tertiary alicyclic amines) is 1. The highest BCUT2D eigenvalue weighted by atomic mass is 16.6. The summed E-state index contributed by atoms with van der Waals surface area (Å²) in [7, 11) is 0. The molecule has 4 fully saturated rings. The van der Waals surface area contributed by atoms with Crippen LogP contribution in [-0.4, -0.2) is 133 Å². The van der Waals surface area contributed by atoms with Gasteiger partial charge in [0.05, 0.1) is 37.7 Å². The van der Waals surface area contributed by atoms with E-state index in [1.165, 1.54) is 0 Å². The SMILES string of the molecule is C=CCCC(=O)NC[C@@H](C)OC(=O)[C@@H]1[C@@H]2CC[C@]3(O2)[C@H](C(=O)N(CC=C)CCN2CCOCC2)N(CCCCCCO)C(=O)[C@@H]13. The van der Waals surface area contributed by atoms with Crippen molar-refractivity contribution in [1.29, 1.82) is 0 Å². The number of carbonyl (C=O) groups is 4. The van der Waals surface area contributed by atoms with Crippen LogP contribution in [0.4, 0.5) is 0 Å². The number of hydrogen-bond donors (Lipinski definition) is 2. The molecule has 0 radical (unpaired) electrons. The fourth-order valence-electron chi connectivity index (χ4n) is 7.29. The summed E-state index contributed by atoms with van der Waals surface area (Å²) >= 11 is 0. The van der Waals surface area contributed by atoms with Gasteiger partial charge < -0.3 is 34.4 Å². The van der Waals surface area contributed by atoms with Crippen molar-refractivity contribution in [2.45, 2.75) is 82.1 Å². The molecule has 4 aliphatic rings. The Hall–Kier alpha value is -2.80. The van der Waals surface area contributed by atoms with E-state index in [4.69, 9.17) is 14.2 Å². The maximum Gasteiger partial charge on any atom is 0.312 e. The summed E-state index contributed by atoms with van der Waals surface area (Å²) < 4.78 is 17.8. The van der Waals surface area contributed by atoms with Crippen LogP contribution in [-0.2, 0) is 33.4 Å². The number of unbranched alkanes of at least 4 members (excludes halogenated alkanes) is 3. The third kappa shape index (κ3) is 8.14. The minimum Gasteiger partial charge on any atom is -0.460 e. The molecular weight excluding hydrogens is 580 g/mol. The first kappa shape index (κ1) is 35.1. The minimum atomic E-state index is -1.10. The summed E-state index contributed by atoms with van der Waals surface area (Å²) in [5.41, 5.74) is -1.10. The molecule has 2 N–H and O–H groups in total. The highest BCUT2D eigenvalue weighted by molar-refractivity contribution is 5.98. The van der Waals surface area contributed by atoms with Crippen molar-refractivity contribution in [3.8, 4) is 0 Å². The smallest absolute Gasteiger partial charge is 0.312 e. The Morgan fingerprint density at radius 3 is 2.62 bits per heavy atom. The molecule has 3 amide bonds. The van der Waals surface area contributed by atoms with Gasteiger partial charge in [-0.15, -0.1) is 13.2 Å². The van der Waals surface area contributed by atoms with E-state index >= 15 is 0 Å². The summed E-state index contributed by atoms with van der Waals surface area (Å²) in [5, 5.41) is 12.0. The Morgan fingerprint density at radius 2 is 1.91 bits per heavy atom. The molecular formula is C33H52N4O8. The molecule has 0 aliphatic carbocycles. The molecule has 1 spiro atoms. The zero-order valence-electron chi connectivity index (χ0n) is 26.8. The van der Waals surface area contributed by atoms with Crippen LogP contribution in [0, 0.1) is 11.8 Å². The molecule has 252 valence electrons. The molecule has 0 saturated carbocycles. The van der Waals surface area contributed by atoms with Crippen LogP contribution in [0.25, 0.3) is 0 Å². The van der Waals surface area contributed by atoms with Crippen LogP contribution in [0.2, 0.25) is 0 Å². The maximum absolute atomic E-state index is 14.5. The molecule has 0 unspecified atom stereocenters. The number of carbonyl (C=O) groups excluding carboxylic acids is 4. The van der Waals surface area contributed by atoms with Crippen LogP contribution < -0.4 is 5.32 Å². The molecule has 6 atom stereocenters. The topological polar surface area (TPSA) is 138 Å². The molecule has 0 aromatic rings. The number of rotatable bonds is 19. The lowest BCUT2D eigenvalue weighted by molar-refractivity contribution is -0.159. The first-order valence-electron chi connectivity index (χ1n) is 16.6. The number of fused-ring (bicyclic) bond motifs is 1. The second kappa shape index (κ2) is 16.7. The van der Waals surface area contributed by atoms with Crippen molar-refractivity contribution < 1.29 is 38.5 Å². The van der Waals surface area contributed by atoms with E-state index in [1.807, 2.05) is 0 Å². The van der Waals surface area contributed by atoms with Gasteiger partial charge >= 0.3 is 5.97 Å². The van der Waals surface area contributed by atoms with Crippen LogP contribution in [0.15, 0.2) is 25.3 Å². The van der Waals surface area contributed by atoms with Crippen LogP contribution in [0.5, 0.6) is 0 Å². The van der Waals surface area contributed by atoms with Gasteiger partial charge in [0, 0.05) is 52.3 Å². The highest BCUT2D eigenvalue weighted by Crippen LogP contribution is 2.58. The van der Waals surface area contributed by atoms with Gasteiger partial charge in [0.25, 0.3) is 0 Å². The third-order valence-electron chi connectivity index (χ3n) is 9.54. The van der Waals surface area contributed by atoms with Gasteiger partial charge in [-0.25, -0.2) is 0 Å². The second-order valence-corrected chi connectivity index (χ2v) is 12.6. The van der Waals surface area contributed by atoms with Crippen molar-refractivity contribution in [3.05, 3.63) is 25.3 Å². The number of ether oxygens (including phenoxy) is 3. The molecule has 0 aromatic carbocycles. The summed E-state index contributed by atoms with van der Waals surface area (Å²) in [6, 6.07) is -0.846. The standard InChI is InChI=1S/C33H52N4O8/c1-4-6-11-26(39)34-23-24(3)44-32(42)27-25-12-13-33(45-25)28(27)30(40)37(15-9-7-8-10-20-38)29(33)31(41)36(14-5-2)17-16-35-18-21-43-22-19-35/h4-5,24-25,27-29,38H,1-2,6-23H2,3H3,(H,34,39)/t24-,25+,27-,28-,29+,33-/m1/s1. The summed E-state index contributed by atoms with van der Waals surface area (Å²) in [5.74, 6) is -2.73. The van der Waals surface area contributed by atoms with Crippen LogP contribution in [0.3, 0.4) is 0 Å². The maximum atomic E-state index is 14.5. The molecule has 4 rings (SSSR count). The largest absolute Gasteiger partial charge is 0.460 e. The average Bonchev–Trinajstić information content (AvgIpc) is 3.68. The number of aliphatic hydroxyl groups is 1. The monoisotopic (exact) mass is 632 g/mol. The quantitative estimate of drug-likeness (QED) is 0.123. The Kier molecular flexibility index (Phi) is 13.0. The summed E-state index contributed by atoms with van der Waals surface area (Å²) in [6.45, 7) is 14.3. The predicted molar refractivity (Wildman–Crippen MR) is 167 cm³/mol. The Balaban J connectivity index is 1.51. The second-order valence-electron chi connectivity index (χ2n) is 12.6. The lowest BCUT2D eigenvalue weighted by Gasteiger charge is -2.37. The normalized spacial score (nSPS) is 28.0. The molecule has 45 heavy (non-hydrogen) atoms. The Morgan fingerprint density at radius 1 is 1.16 bits per heavy atom. The van der Waals surface area contributed by atoms with Crippen molar-refractivity contribution in [2.75, 3.05) is 65.6 Å². The number of morpholine rings is 1. The molecule has 4 saturated heterocycles. The van der Waals surface area contributed by atoms with Crippen molar-refractivity contribution in [2.24, 2.45) is 11.8 Å². The van der Waals surface area contributed by atoms with E-state index in [0.29, 0.717) is 77.9 Å². The zero-order chi connectivity index (χ0) is 32.4. The molecule has 2 bridgehead atoms. The fraction of sp³-hybridized carbons (Fsp3) is 0.758. The number of aliphatic hydroxyl groups excluding tert-OH is 1. The number of allylic oxidation sites excluding steroid dienone is 1. The number of nitrogens with zero attached hydrogens (tertiary/aromatic N) is 3. The number of nitrogens with one attached hydrogen (secondary N) is 1. The number of amides is 3. The molecule has 12 nitrogen and oxygen atoms in total. The van der Waals surface area contributed by atoms with Crippen LogP contribution >= 0.6 is 0 Å². The number of hydrogen-bond acceptors (Lipinski definition) is 9. The van der Waals surface area contributed by atoms with Gasteiger partial charge in [0.15, 0.2) is 0 Å². The molecule has 0 aromatic heterocycles. The zero-order valence-corrected chi connectivity index (χ0v) is 26.8. The highest BCUT2D eigenvalue weighted by Gasteiger charge is 2.75. The van der Waals surface area contributed by atoms with E-state index < -0.39 is 41.7 Å². The minimum absolute atomic E-state index is 0.116. The van der Waals surface area contributed by atoms with Gasteiger partial charge in [-0.3, -0.25) is 24.1 Å². The first-order chi connectivity index (χ1) is 21.8. The summed E-state index contributed by atoms with van der Waals surface area (Å²) in [6.07, 6.45) is 7.18. The van der Waals surface area contributed by atoms with E-state index in [2.05, 4.69) is 23.4 Å². The van der Waals surface area contributed by atoms with Gasteiger partial charge in [-0.05, 0) is 39.0 Å². The van der Waals surface area contributed by atoms with E-state index in [0.717, 1.165) is 25.9 Å². The van der Waals surface area contributed by atoms with E-state index in [1.54, 1.807) is 28.9 Å². The third-order valence-corrected chi connectivity index (χ3v) is 9.54. The lowest BCUT2D eigenvalue weighted by atomic mass is 9.70. The molecule has 4 aliphatic heterocycles. The molecule has 12 heteroatoms. The fourth-order valence-corrected chi connectivity index (χ4v) is 7.29. The van der Waals surface area contributed by atoms with Gasteiger partial charge in [0.2, 0.25) is 17.7 Å². The van der Waals surface area contributed by atoms with Gasteiger partial charge in [-0.2, -0.15) is 0 Å². The van der Waals surface area contributed by atoms with E-state index in [-0.39, 0.29) is 30.9 Å². The number of esters is 1.